The van der Waals surface area contributed by atoms with Crippen molar-refractivity contribution in [2.75, 3.05) is 26.5 Å². The normalized spacial score (nSPS) is 11.0. The van der Waals surface area contributed by atoms with Crippen molar-refractivity contribution in [1.29, 1.82) is 0 Å². The van der Waals surface area contributed by atoms with Crippen LogP contribution in [0.3, 0.4) is 0 Å². The maximum Gasteiger partial charge on any atom is 0.322 e. The first-order chi connectivity index (χ1) is 9.39. The smallest absolute Gasteiger partial charge is 0.322 e. The van der Waals surface area contributed by atoms with Crippen LogP contribution in [0.4, 0.5) is 0 Å². The van der Waals surface area contributed by atoms with E-state index in [1.807, 2.05) is 0 Å². The van der Waals surface area contributed by atoms with E-state index in [0.717, 1.165) is 21.9 Å². The third-order valence-electron chi connectivity index (χ3n) is 2.35. The number of thiophene rings is 1. The highest BCUT2D eigenvalue weighted by molar-refractivity contribution is 7.89. The molecule has 1 aromatic heterocycles. The van der Waals surface area contributed by atoms with Gasteiger partial charge in [-0.05, 0) is 17.0 Å². The molecule has 1 N–H and O–H groups in total. The summed E-state index contributed by atoms with van der Waals surface area (Å²) >= 11 is 1.36. The Morgan fingerprint density at radius 2 is 2.25 bits per heavy atom. The number of esters is 1. The molecule has 0 aliphatic carbocycles. The summed E-state index contributed by atoms with van der Waals surface area (Å²) in [6.45, 7) is -0.0721. The Balaban J connectivity index is 2.72. The third-order valence-corrected chi connectivity index (χ3v) is 4.93. The lowest BCUT2D eigenvalue weighted by atomic mass is 10.3. The van der Waals surface area contributed by atoms with E-state index in [0.29, 0.717) is 0 Å². The van der Waals surface area contributed by atoms with Crippen molar-refractivity contribution in [2.45, 2.75) is 6.54 Å². The predicted molar refractivity (Wildman–Crippen MR) is 75.6 cm³/mol. The Labute approximate surface area is 122 Å². The molecule has 0 aliphatic heterocycles. The number of methoxy groups -OCH3 is 1. The molecule has 0 spiro atoms. The van der Waals surface area contributed by atoms with Gasteiger partial charge in [-0.1, -0.05) is 11.8 Å². The second-order valence-corrected chi connectivity index (χ2v) is 6.85. The Kier molecular flexibility index (Phi) is 6.16. The molecule has 1 rings (SSSR count). The molecule has 0 aliphatic rings. The van der Waals surface area contributed by atoms with Gasteiger partial charge < -0.3 is 9.84 Å². The minimum Gasteiger partial charge on any atom is -0.468 e. The molecule has 1 heterocycles. The van der Waals surface area contributed by atoms with Gasteiger partial charge in [0.05, 0.1) is 12.0 Å². The number of carbonyl (C=O) groups excluding carboxylic acids is 1. The summed E-state index contributed by atoms with van der Waals surface area (Å²) in [5.41, 5.74) is 0.771. The quantitative estimate of drug-likeness (QED) is 0.612. The van der Waals surface area contributed by atoms with E-state index in [2.05, 4.69) is 16.6 Å². The molecule has 110 valence electrons. The van der Waals surface area contributed by atoms with Crippen LogP contribution >= 0.6 is 11.3 Å². The third kappa shape index (κ3) is 4.94. The Bertz CT molecular complexity index is 624. The molecule has 0 aromatic carbocycles. The number of sulfonamides is 1. The number of aliphatic hydroxyl groups is 1. The van der Waals surface area contributed by atoms with Gasteiger partial charge in [0.2, 0.25) is 10.0 Å². The Morgan fingerprint density at radius 3 is 2.85 bits per heavy atom. The van der Waals surface area contributed by atoms with Gasteiger partial charge in [0.15, 0.2) is 5.75 Å². The molecule has 0 atom stereocenters. The summed E-state index contributed by atoms with van der Waals surface area (Å²) < 4.78 is 29.1. The van der Waals surface area contributed by atoms with Crippen molar-refractivity contribution < 1.29 is 23.1 Å². The number of hydrogen-bond donors (Lipinski definition) is 1. The monoisotopic (exact) mass is 317 g/mol. The maximum atomic E-state index is 11.9. The maximum absolute atomic E-state index is 11.9. The topological polar surface area (TPSA) is 83.9 Å². The van der Waals surface area contributed by atoms with E-state index in [4.69, 9.17) is 5.11 Å². The van der Waals surface area contributed by atoms with Crippen LogP contribution in [0.15, 0.2) is 11.4 Å². The molecule has 0 fully saturated rings. The minimum absolute atomic E-state index is 0.149. The summed E-state index contributed by atoms with van der Waals surface area (Å²) in [7, 11) is -1.15. The van der Waals surface area contributed by atoms with E-state index < -0.39 is 21.7 Å². The van der Waals surface area contributed by atoms with Gasteiger partial charge in [0.25, 0.3) is 0 Å². The van der Waals surface area contributed by atoms with Gasteiger partial charge in [-0.25, -0.2) is 12.7 Å². The van der Waals surface area contributed by atoms with E-state index >= 15 is 0 Å². The molecule has 0 radical (unpaired) electrons. The number of ether oxygens (including phenoxy) is 1. The highest BCUT2D eigenvalue weighted by Gasteiger charge is 2.22. The molecule has 0 amide bonds. The molecule has 0 saturated carbocycles. The van der Waals surface area contributed by atoms with Crippen LogP contribution in [0.25, 0.3) is 0 Å². The summed E-state index contributed by atoms with van der Waals surface area (Å²) in [6, 6.07) is 1.75. The largest absolute Gasteiger partial charge is 0.468 e. The van der Waals surface area contributed by atoms with Crippen LogP contribution < -0.4 is 0 Å². The highest BCUT2D eigenvalue weighted by atomic mass is 32.2. The van der Waals surface area contributed by atoms with Gasteiger partial charge >= 0.3 is 5.97 Å². The zero-order chi connectivity index (χ0) is 15.2. The average molecular weight is 317 g/mol. The van der Waals surface area contributed by atoms with Gasteiger partial charge in [-0.3, -0.25) is 4.79 Å². The number of nitrogens with zero attached hydrogens (tertiary/aromatic N) is 1. The van der Waals surface area contributed by atoms with E-state index in [9.17, 15) is 13.2 Å². The molecule has 8 heteroatoms. The summed E-state index contributed by atoms with van der Waals surface area (Å²) in [4.78, 5) is 11.8. The van der Waals surface area contributed by atoms with Gasteiger partial charge in [0.1, 0.15) is 6.61 Å². The summed E-state index contributed by atoms with van der Waals surface area (Å²) in [5.74, 6) is 3.79. The Hall–Kier alpha value is -1.40. The van der Waals surface area contributed by atoms with Crippen molar-refractivity contribution in [2.24, 2.45) is 0 Å². The van der Waals surface area contributed by atoms with Gasteiger partial charge in [-0.15, -0.1) is 11.3 Å². The van der Waals surface area contributed by atoms with Crippen molar-refractivity contribution in [3.63, 3.8) is 0 Å². The zero-order valence-corrected chi connectivity index (χ0v) is 12.8. The van der Waals surface area contributed by atoms with Crippen LogP contribution in [0.2, 0.25) is 0 Å². The summed E-state index contributed by atoms with van der Waals surface area (Å²) in [5, 5.41) is 10.4. The highest BCUT2D eigenvalue weighted by Crippen LogP contribution is 2.16. The first-order valence-electron chi connectivity index (χ1n) is 5.57. The molecular formula is C12H15NO5S2. The van der Waals surface area contributed by atoms with Crippen molar-refractivity contribution >= 4 is 27.3 Å². The molecule has 0 saturated heterocycles. The van der Waals surface area contributed by atoms with Crippen LogP contribution in [0.5, 0.6) is 0 Å². The molecule has 1 aromatic rings. The number of aliphatic hydroxyl groups excluding tert-OH is 1. The lowest BCUT2D eigenvalue weighted by Crippen LogP contribution is -2.32. The first-order valence-corrected chi connectivity index (χ1v) is 8.06. The average Bonchev–Trinajstić information content (AvgIpc) is 2.83. The van der Waals surface area contributed by atoms with Crippen LogP contribution in [-0.2, 0) is 26.1 Å². The molecule has 0 bridgehead atoms. The minimum atomic E-state index is -3.69. The lowest BCUT2D eigenvalue weighted by Gasteiger charge is -2.15. The number of rotatable bonds is 5. The fourth-order valence-electron chi connectivity index (χ4n) is 1.32. The summed E-state index contributed by atoms with van der Waals surface area (Å²) in [6.07, 6.45) is 0. The van der Waals surface area contributed by atoms with Gasteiger partial charge in [0, 0.05) is 13.6 Å². The van der Waals surface area contributed by atoms with Crippen molar-refractivity contribution in [3.8, 4) is 11.8 Å². The SMILES string of the molecule is COC(=O)CS(=O)(=O)N(C)Cc1csc(C#CCO)c1. The molecule has 20 heavy (non-hydrogen) atoms. The van der Waals surface area contributed by atoms with Crippen LogP contribution in [0.1, 0.15) is 10.4 Å². The second kappa shape index (κ2) is 7.40. The first kappa shape index (κ1) is 16.7. The standard InChI is InChI=1S/C12H15NO5S2/c1-13(20(16,17)9-12(15)18-2)7-10-6-11(19-8-10)4-3-5-14/h6,8,14H,5,7,9H2,1-2H3. The van der Waals surface area contributed by atoms with Crippen LogP contribution in [-0.4, -0.2) is 50.3 Å². The zero-order valence-electron chi connectivity index (χ0n) is 11.1. The molecular weight excluding hydrogens is 302 g/mol. The van der Waals surface area contributed by atoms with E-state index in [1.54, 1.807) is 11.4 Å². The Morgan fingerprint density at radius 1 is 1.55 bits per heavy atom. The fourth-order valence-corrected chi connectivity index (χ4v) is 3.08. The van der Waals surface area contributed by atoms with Gasteiger partial charge in [-0.2, -0.15) is 0 Å². The van der Waals surface area contributed by atoms with Crippen LogP contribution in [0, 0.1) is 11.8 Å². The molecule has 0 unspecified atom stereocenters. The van der Waals surface area contributed by atoms with E-state index in [-0.39, 0.29) is 13.2 Å². The molecule has 6 nitrogen and oxygen atoms in total. The predicted octanol–water partition coefficient (Wildman–Crippen LogP) is 0.0265. The van der Waals surface area contributed by atoms with Crippen molar-refractivity contribution in [1.82, 2.24) is 4.31 Å². The second-order valence-electron chi connectivity index (χ2n) is 3.87. The van der Waals surface area contributed by atoms with E-state index in [1.165, 1.54) is 18.4 Å². The van der Waals surface area contributed by atoms with Crippen molar-refractivity contribution in [3.05, 3.63) is 21.9 Å². The lowest BCUT2D eigenvalue weighted by molar-refractivity contribution is -0.137. The fraction of sp³-hybridized carbons (Fsp3) is 0.417. The number of hydrogen-bond acceptors (Lipinski definition) is 6. The number of carbonyl (C=O) groups is 1.